The molecule has 1 N–H and O–H groups in total. The average Bonchev–Trinajstić information content (AvgIpc) is 3.06. The van der Waals surface area contributed by atoms with Gasteiger partial charge < -0.3 is 19.9 Å². The lowest BCUT2D eigenvalue weighted by atomic mass is 9.89. The molecule has 168 valence electrons. The molecule has 2 atom stereocenters. The number of piperidine rings is 1. The Labute approximate surface area is 190 Å². The van der Waals surface area contributed by atoms with Crippen molar-refractivity contribution in [2.75, 3.05) is 37.7 Å². The van der Waals surface area contributed by atoms with Crippen LogP contribution in [0.5, 0.6) is 0 Å². The smallest absolute Gasteiger partial charge is 0.339 e. The third-order valence-electron chi connectivity index (χ3n) is 6.25. The standard InChI is InChI=1S/C21H30N4O3.2ClH/c1-2-28-21(27)16-3-6-19(22-14-16)24-7-9-25(10-8-24)20(26)13-15-11-17-4-5-18(12-15)23-17;;/h3,6,14-15,17-18,23H,2,4-5,7-13H2,1H3;2*1H. The number of ether oxygens (including phenoxy) is 1. The van der Waals surface area contributed by atoms with Gasteiger partial charge in [0.2, 0.25) is 5.91 Å². The number of carbonyl (C=O) groups excluding carboxylic acids is 2. The molecule has 0 radical (unpaired) electrons. The number of amides is 1. The Morgan fingerprint density at radius 3 is 2.33 bits per heavy atom. The van der Waals surface area contributed by atoms with Crippen LogP contribution in [0.1, 0.15) is 49.4 Å². The molecule has 0 saturated carbocycles. The van der Waals surface area contributed by atoms with Crippen molar-refractivity contribution < 1.29 is 14.3 Å². The van der Waals surface area contributed by atoms with Crippen molar-refractivity contribution in [3.8, 4) is 0 Å². The molecule has 9 heteroatoms. The summed E-state index contributed by atoms with van der Waals surface area (Å²) in [6.45, 7) is 5.16. The maximum Gasteiger partial charge on any atom is 0.339 e. The summed E-state index contributed by atoms with van der Waals surface area (Å²) in [7, 11) is 0. The topological polar surface area (TPSA) is 74.8 Å². The number of anilines is 1. The number of rotatable bonds is 5. The second-order valence-electron chi connectivity index (χ2n) is 8.17. The van der Waals surface area contributed by atoms with Gasteiger partial charge in [0.25, 0.3) is 0 Å². The predicted molar refractivity (Wildman–Crippen MR) is 121 cm³/mol. The van der Waals surface area contributed by atoms with Gasteiger partial charge in [0.15, 0.2) is 0 Å². The largest absolute Gasteiger partial charge is 0.462 e. The molecule has 3 aliphatic heterocycles. The van der Waals surface area contributed by atoms with Gasteiger partial charge in [0.1, 0.15) is 5.82 Å². The van der Waals surface area contributed by atoms with Crippen LogP contribution in [0.15, 0.2) is 18.3 Å². The fourth-order valence-electron chi connectivity index (χ4n) is 4.81. The highest BCUT2D eigenvalue weighted by Crippen LogP contribution is 2.33. The van der Waals surface area contributed by atoms with Crippen molar-refractivity contribution in [2.24, 2.45) is 5.92 Å². The molecule has 1 aromatic heterocycles. The Morgan fingerprint density at radius 2 is 1.77 bits per heavy atom. The predicted octanol–water partition coefficient (Wildman–Crippen LogP) is 2.67. The SMILES string of the molecule is CCOC(=O)c1ccc(N2CCN(C(=O)CC3CC4CCC(C3)N4)CC2)nc1.Cl.Cl. The van der Waals surface area contributed by atoms with E-state index in [2.05, 4.69) is 15.2 Å². The molecule has 1 amide bonds. The highest BCUT2D eigenvalue weighted by atomic mass is 35.5. The molecule has 3 aliphatic rings. The van der Waals surface area contributed by atoms with Crippen LogP contribution in [-0.4, -0.2) is 66.6 Å². The maximum atomic E-state index is 12.7. The first-order valence-electron chi connectivity index (χ1n) is 10.5. The first kappa shape index (κ1) is 24.7. The van der Waals surface area contributed by atoms with E-state index < -0.39 is 0 Å². The van der Waals surface area contributed by atoms with Crippen LogP contribution in [0.3, 0.4) is 0 Å². The summed E-state index contributed by atoms with van der Waals surface area (Å²) in [4.78, 5) is 33.1. The number of hydrogen-bond acceptors (Lipinski definition) is 6. The van der Waals surface area contributed by atoms with E-state index in [1.165, 1.54) is 12.8 Å². The Bertz CT molecular complexity index is 699. The van der Waals surface area contributed by atoms with Gasteiger partial charge in [0.05, 0.1) is 12.2 Å². The molecule has 1 aromatic rings. The summed E-state index contributed by atoms with van der Waals surface area (Å²) in [5.41, 5.74) is 0.468. The van der Waals surface area contributed by atoms with Gasteiger partial charge in [-0.2, -0.15) is 0 Å². The Hall–Kier alpha value is -1.57. The second-order valence-corrected chi connectivity index (χ2v) is 8.17. The molecule has 2 unspecified atom stereocenters. The summed E-state index contributed by atoms with van der Waals surface area (Å²) < 4.78 is 4.99. The number of halogens is 2. The Kier molecular flexibility index (Phi) is 9.19. The fraction of sp³-hybridized carbons (Fsp3) is 0.667. The van der Waals surface area contributed by atoms with Gasteiger partial charge in [-0.1, -0.05) is 0 Å². The van der Waals surface area contributed by atoms with Gasteiger partial charge in [-0.15, -0.1) is 24.8 Å². The van der Waals surface area contributed by atoms with Crippen LogP contribution in [0.25, 0.3) is 0 Å². The fourth-order valence-corrected chi connectivity index (χ4v) is 4.81. The Balaban J connectivity index is 0.00000160. The summed E-state index contributed by atoms with van der Waals surface area (Å²) in [6.07, 6.45) is 7.11. The quantitative estimate of drug-likeness (QED) is 0.683. The van der Waals surface area contributed by atoms with Crippen molar-refractivity contribution >= 4 is 42.5 Å². The van der Waals surface area contributed by atoms with Gasteiger partial charge in [-0.05, 0) is 50.7 Å². The minimum absolute atomic E-state index is 0. The van der Waals surface area contributed by atoms with Crippen LogP contribution in [0.4, 0.5) is 5.82 Å². The average molecular weight is 459 g/mol. The highest BCUT2D eigenvalue weighted by Gasteiger charge is 2.35. The molecule has 7 nitrogen and oxygen atoms in total. The second kappa shape index (κ2) is 11.2. The molecule has 4 rings (SSSR count). The van der Waals surface area contributed by atoms with Crippen LogP contribution in [0.2, 0.25) is 0 Å². The van der Waals surface area contributed by atoms with Crippen molar-refractivity contribution in [1.82, 2.24) is 15.2 Å². The lowest BCUT2D eigenvalue weighted by Crippen LogP contribution is -2.49. The number of esters is 1. The van der Waals surface area contributed by atoms with Crippen molar-refractivity contribution in [2.45, 2.75) is 51.1 Å². The molecule has 0 aromatic carbocycles. The monoisotopic (exact) mass is 458 g/mol. The van der Waals surface area contributed by atoms with E-state index in [0.717, 1.165) is 44.8 Å². The zero-order valence-corrected chi connectivity index (χ0v) is 19.1. The first-order valence-corrected chi connectivity index (χ1v) is 10.5. The zero-order valence-electron chi connectivity index (χ0n) is 17.4. The van der Waals surface area contributed by atoms with E-state index in [9.17, 15) is 9.59 Å². The molecule has 30 heavy (non-hydrogen) atoms. The van der Waals surface area contributed by atoms with E-state index in [1.54, 1.807) is 19.2 Å². The van der Waals surface area contributed by atoms with E-state index in [0.29, 0.717) is 42.5 Å². The third kappa shape index (κ3) is 5.77. The summed E-state index contributed by atoms with van der Waals surface area (Å²) >= 11 is 0. The third-order valence-corrected chi connectivity index (χ3v) is 6.25. The number of pyridine rings is 1. The van der Waals surface area contributed by atoms with Gasteiger partial charge in [-0.3, -0.25) is 4.79 Å². The first-order chi connectivity index (χ1) is 13.6. The number of hydrogen-bond donors (Lipinski definition) is 1. The molecule has 3 fully saturated rings. The van der Waals surface area contributed by atoms with E-state index in [4.69, 9.17) is 4.74 Å². The molecule has 0 spiro atoms. The lowest BCUT2D eigenvalue weighted by Gasteiger charge is -2.37. The molecule has 0 aliphatic carbocycles. The van der Waals surface area contributed by atoms with Crippen molar-refractivity contribution in [1.29, 1.82) is 0 Å². The number of fused-ring (bicyclic) bond motifs is 2. The van der Waals surface area contributed by atoms with Crippen LogP contribution in [0, 0.1) is 5.92 Å². The zero-order chi connectivity index (χ0) is 19.5. The highest BCUT2D eigenvalue weighted by molar-refractivity contribution is 5.89. The lowest BCUT2D eigenvalue weighted by molar-refractivity contribution is -0.132. The maximum absolute atomic E-state index is 12.7. The minimum atomic E-state index is -0.344. The summed E-state index contributed by atoms with van der Waals surface area (Å²) in [6, 6.07) is 4.88. The van der Waals surface area contributed by atoms with E-state index >= 15 is 0 Å². The number of piperazine rings is 1. The van der Waals surface area contributed by atoms with Crippen molar-refractivity contribution in [3.63, 3.8) is 0 Å². The molecule has 4 heterocycles. The van der Waals surface area contributed by atoms with Crippen LogP contribution >= 0.6 is 24.8 Å². The number of aromatic nitrogens is 1. The van der Waals surface area contributed by atoms with Gasteiger partial charge in [0, 0.05) is 50.9 Å². The van der Waals surface area contributed by atoms with E-state index in [1.807, 2.05) is 11.0 Å². The normalized spacial score (nSPS) is 25.2. The molecular weight excluding hydrogens is 427 g/mol. The number of carbonyl (C=O) groups is 2. The summed E-state index contributed by atoms with van der Waals surface area (Å²) in [5.74, 6) is 1.34. The van der Waals surface area contributed by atoms with Gasteiger partial charge >= 0.3 is 5.97 Å². The van der Waals surface area contributed by atoms with Crippen LogP contribution in [-0.2, 0) is 9.53 Å². The Morgan fingerprint density at radius 1 is 1.10 bits per heavy atom. The molecular formula is C21H32Cl2N4O3. The van der Waals surface area contributed by atoms with Crippen LogP contribution < -0.4 is 10.2 Å². The molecule has 3 saturated heterocycles. The summed E-state index contributed by atoms with van der Waals surface area (Å²) in [5, 5.41) is 3.65. The van der Waals surface area contributed by atoms with E-state index in [-0.39, 0.29) is 30.8 Å². The molecule has 2 bridgehead atoms. The minimum Gasteiger partial charge on any atom is -0.462 e. The number of nitrogens with zero attached hydrogens (tertiary/aromatic N) is 3. The van der Waals surface area contributed by atoms with Crippen molar-refractivity contribution in [3.05, 3.63) is 23.9 Å². The number of nitrogens with one attached hydrogen (secondary N) is 1. The van der Waals surface area contributed by atoms with Gasteiger partial charge in [-0.25, -0.2) is 9.78 Å².